The summed E-state index contributed by atoms with van der Waals surface area (Å²) in [6, 6.07) is 23.7. The molecule has 2 aromatic heterocycles. The third kappa shape index (κ3) is 4.34. The monoisotopic (exact) mass is 395 g/mol. The second-order valence-corrected chi connectivity index (χ2v) is 6.37. The smallest absolute Gasteiger partial charge is 0.270 e. The van der Waals surface area contributed by atoms with Crippen molar-refractivity contribution in [1.29, 1.82) is 5.26 Å². The number of nitriles is 1. The lowest BCUT2D eigenvalue weighted by atomic mass is 10.2. The van der Waals surface area contributed by atoms with Gasteiger partial charge in [-0.15, -0.1) is 0 Å². The molecule has 0 aliphatic carbocycles. The highest BCUT2D eigenvalue weighted by molar-refractivity contribution is 5.93. The van der Waals surface area contributed by atoms with E-state index in [1.807, 2.05) is 36.4 Å². The lowest BCUT2D eigenvalue weighted by Crippen LogP contribution is -2.24. The molecule has 1 amide bonds. The first-order valence-corrected chi connectivity index (χ1v) is 9.24. The highest BCUT2D eigenvalue weighted by atomic mass is 16.3. The van der Waals surface area contributed by atoms with E-state index in [1.165, 1.54) is 0 Å². The SMILES string of the molecule is N#Cc1ccccc1Nc1cc(C(=O)NCc2ccco2)nc(-c2ccccc2)n1. The summed E-state index contributed by atoms with van der Waals surface area (Å²) in [4.78, 5) is 21.7. The van der Waals surface area contributed by atoms with E-state index >= 15 is 0 Å². The van der Waals surface area contributed by atoms with Crippen molar-refractivity contribution >= 4 is 17.4 Å². The molecule has 0 radical (unpaired) electrons. The van der Waals surface area contributed by atoms with Crippen LogP contribution in [0.4, 0.5) is 11.5 Å². The van der Waals surface area contributed by atoms with Crippen molar-refractivity contribution < 1.29 is 9.21 Å². The van der Waals surface area contributed by atoms with Crippen LogP contribution in [-0.2, 0) is 6.54 Å². The molecular weight excluding hydrogens is 378 g/mol. The van der Waals surface area contributed by atoms with Gasteiger partial charge in [0.1, 0.15) is 23.3 Å². The molecule has 2 aromatic carbocycles. The van der Waals surface area contributed by atoms with Gasteiger partial charge >= 0.3 is 0 Å². The predicted molar refractivity (Wildman–Crippen MR) is 112 cm³/mol. The summed E-state index contributed by atoms with van der Waals surface area (Å²) in [5.41, 5.74) is 2.04. The number of hydrogen-bond acceptors (Lipinski definition) is 6. The van der Waals surface area contributed by atoms with Crippen molar-refractivity contribution in [2.24, 2.45) is 0 Å². The van der Waals surface area contributed by atoms with Crippen LogP contribution in [0.25, 0.3) is 11.4 Å². The minimum absolute atomic E-state index is 0.201. The first-order valence-electron chi connectivity index (χ1n) is 9.24. The lowest BCUT2D eigenvalue weighted by Gasteiger charge is -2.11. The van der Waals surface area contributed by atoms with Crippen molar-refractivity contribution in [3.05, 3.63) is 96.1 Å². The van der Waals surface area contributed by atoms with Crippen LogP contribution >= 0.6 is 0 Å². The van der Waals surface area contributed by atoms with E-state index in [9.17, 15) is 10.1 Å². The molecule has 0 saturated carbocycles. The molecule has 0 unspecified atom stereocenters. The molecule has 7 nitrogen and oxygen atoms in total. The largest absolute Gasteiger partial charge is 0.467 e. The third-order valence-electron chi connectivity index (χ3n) is 4.30. The van der Waals surface area contributed by atoms with E-state index in [4.69, 9.17) is 4.42 Å². The topological polar surface area (TPSA) is 104 Å². The highest BCUT2D eigenvalue weighted by Crippen LogP contribution is 2.23. The fourth-order valence-electron chi connectivity index (χ4n) is 2.84. The van der Waals surface area contributed by atoms with Gasteiger partial charge in [-0.2, -0.15) is 5.26 Å². The Labute approximate surface area is 173 Å². The molecule has 7 heteroatoms. The summed E-state index contributed by atoms with van der Waals surface area (Å²) in [6.07, 6.45) is 1.55. The Morgan fingerprint density at radius 1 is 1.00 bits per heavy atom. The van der Waals surface area contributed by atoms with Gasteiger partial charge in [0.15, 0.2) is 5.82 Å². The maximum atomic E-state index is 12.7. The molecule has 0 aliphatic heterocycles. The Morgan fingerprint density at radius 2 is 1.80 bits per heavy atom. The summed E-state index contributed by atoms with van der Waals surface area (Å²) in [7, 11) is 0. The van der Waals surface area contributed by atoms with Gasteiger partial charge < -0.3 is 15.1 Å². The highest BCUT2D eigenvalue weighted by Gasteiger charge is 2.14. The standard InChI is InChI=1S/C23H17N5O2/c24-14-17-9-4-5-11-19(17)26-21-13-20(23(29)25-15-18-10-6-12-30-18)27-22(28-21)16-7-2-1-3-8-16/h1-13H,15H2,(H,25,29)(H,26,27,28). The molecule has 146 valence electrons. The summed E-state index contributed by atoms with van der Waals surface area (Å²) in [5, 5.41) is 15.3. The molecule has 0 fully saturated rings. The van der Waals surface area contributed by atoms with Crippen LogP contribution in [0.1, 0.15) is 21.8 Å². The number of nitrogens with one attached hydrogen (secondary N) is 2. The molecule has 4 rings (SSSR count). The number of rotatable bonds is 6. The van der Waals surface area contributed by atoms with E-state index in [-0.39, 0.29) is 18.1 Å². The van der Waals surface area contributed by atoms with Gasteiger partial charge in [-0.1, -0.05) is 42.5 Å². The number of benzene rings is 2. The number of anilines is 2. The van der Waals surface area contributed by atoms with Gasteiger partial charge in [0.25, 0.3) is 5.91 Å². The van der Waals surface area contributed by atoms with E-state index in [2.05, 4.69) is 26.7 Å². The molecule has 0 aliphatic rings. The summed E-state index contributed by atoms with van der Waals surface area (Å²) in [5.74, 6) is 1.09. The molecule has 0 spiro atoms. The molecule has 0 atom stereocenters. The molecular formula is C23H17N5O2. The maximum absolute atomic E-state index is 12.7. The normalized spacial score (nSPS) is 10.2. The fraction of sp³-hybridized carbons (Fsp3) is 0.0435. The first-order chi connectivity index (χ1) is 14.7. The van der Waals surface area contributed by atoms with E-state index < -0.39 is 0 Å². The Bertz CT molecular complexity index is 1200. The van der Waals surface area contributed by atoms with E-state index in [0.717, 1.165) is 5.56 Å². The number of para-hydroxylation sites is 1. The third-order valence-corrected chi connectivity index (χ3v) is 4.30. The maximum Gasteiger partial charge on any atom is 0.270 e. The van der Waals surface area contributed by atoms with E-state index in [1.54, 1.807) is 42.7 Å². The van der Waals surface area contributed by atoms with Crippen molar-refractivity contribution in [2.45, 2.75) is 6.54 Å². The zero-order chi connectivity index (χ0) is 20.8. The Hall–Kier alpha value is -4.44. The van der Waals surface area contributed by atoms with Crippen molar-refractivity contribution in [3.8, 4) is 17.5 Å². The Kier molecular flexibility index (Phi) is 5.49. The van der Waals surface area contributed by atoms with Crippen molar-refractivity contribution in [2.75, 3.05) is 5.32 Å². The molecule has 2 N–H and O–H groups in total. The van der Waals surface area contributed by atoms with Gasteiger partial charge in [0.2, 0.25) is 0 Å². The summed E-state index contributed by atoms with van der Waals surface area (Å²) in [6.45, 7) is 0.247. The molecule has 2 heterocycles. The zero-order valence-electron chi connectivity index (χ0n) is 15.9. The minimum atomic E-state index is -0.359. The fourth-order valence-corrected chi connectivity index (χ4v) is 2.84. The van der Waals surface area contributed by atoms with Gasteiger partial charge in [-0.3, -0.25) is 4.79 Å². The minimum Gasteiger partial charge on any atom is -0.467 e. The number of carbonyl (C=O) groups is 1. The van der Waals surface area contributed by atoms with Crippen LogP contribution in [0.3, 0.4) is 0 Å². The van der Waals surface area contributed by atoms with Crippen molar-refractivity contribution in [3.63, 3.8) is 0 Å². The van der Waals surface area contributed by atoms with E-state index in [0.29, 0.717) is 28.7 Å². The molecule has 0 bridgehead atoms. The molecule has 4 aromatic rings. The van der Waals surface area contributed by atoms with Crippen LogP contribution in [0.5, 0.6) is 0 Å². The zero-order valence-corrected chi connectivity index (χ0v) is 15.9. The Balaban J connectivity index is 1.67. The van der Waals surface area contributed by atoms with Crippen LogP contribution in [0.15, 0.2) is 83.5 Å². The Morgan fingerprint density at radius 3 is 2.57 bits per heavy atom. The van der Waals surface area contributed by atoms with Gasteiger partial charge in [-0.25, -0.2) is 9.97 Å². The van der Waals surface area contributed by atoms with Gasteiger partial charge in [-0.05, 0) is 24.3 Å². The molecule has 0 saturated heterocycles. The average Bonchev–Trinajstić information content (AvgIpc) is 3.32. The number of amides is 1. The number of carbonyl (C=O) groups excluding carboxylic acids is 1. The predicted octanol–water partition coefficient (Wildman–Crippen LogP) is 4.28. The van der Waals surface area contributed by atoms with Crippen LogP contribution in [0.2, 0.25) is 0 Å². The second-order valence-electron chi connectivity index (χ2n) is 6.37. The van der Waals surface area contributed by atoms with Crippen LogP contribution in [0, 0.1) is 11.3 Å². The lowest BCUT2D eigenvalue weighted by molar-refractivity contribution is 0.0943. The summed E-state index contributed by atoms with van der Waals surface area (Å²) >= 11 is 0. The second kappa shape index (κ2) is 8.71. The van der Waals surface area contributed by atoms with Crippen molar-refractivity contribution in [1.82, 2.24) is 15.3 Å². The van der Waals surface area contributed by atoms with Crippen LogP contribution < -0.4 is 10.6 Å². The van der Waals surface area contributed by atoms with Crippen LogP contribution in [-0.4, -0.2) is 15.9 Å². The number of aromatic nitrogens is 2. The first kappa shape index (κ1) is 18.9. The van der Waals surface area contributed by atoms with Gasteiger partial charge in [0.05, 0.1) is 24.1 Å². The quantitative estimate of drug-likeness (QED) is 0.505. The number of nitrogens with zero attached hydrogens (tertiary/aromatic N) is 3. The molecule has 30 heavy (non-hydrogen) atoms. The summed E-state index contributed by atoms with van der Waals surface area (Å²) < 4.78 is 5.25. The number of furan rings is 1. The number of hydrogen-bond donors (Lipinski definition) is 2. The van der Waals surface area contributed by atoms with Gasteiger partial charge in [0, 0.05) is 11.6 Å². The average molecular weight is 395 g/mol.